The van der Waals surface area contributed by atoms with Crippen molar-refractivity contribution in [1.29, 1.82) is 0 Å². The molecule has 88 valence electrons. The number of rotatable bonds is 3. The van der Waals surface area contributed by atoms with Crippen LogP contribution in [0.2, 0.25) is 5.02 Å². The van der Waals surface area contributed by atoms with E-state index in [0.717, 1.165) is 27.5 Å². The second-order valence-corrected chi connectivity index (χ2v) is 4.42. The molecule has 2 nitrogen and oxygen atoms in total. The van der Waals surface area contributed by atoms with E-state index >= 15 is 0 Å². The molecule has 0 amide bonds. The summed E-state index contributed by atoms with van der Waals surface area (Å²) in [5.41, 5.74) is 9.93. The Kier molecular flexibility index (Phi) is 3.67. The molecular formula is C14H15ClN2. The van der Waals surface area contributed by atoms with Gasteiger partial charge in [0.15, 0.2) is 0 Å². The quantitative estimate of drug-likeness (QED) is 0.863. The number of nitrogens with two attached hydrogens (primary N) is 1. The summed E-state index contributed by atoms with van der Waals surface area (Å²) in [5, 5.41) is 4.11. The molecule has 0 saturated heterocycles. The fourth-order valence-electron chi connectivity index (χ4n) is 1.65. The van der Waals surface area contributed by atoms with Gasteiger partial charge in [-0.2, -0.15) is 0 Å². The smallest absolute Gasteiger partial charge is 0.0414 e. The molecule has 3 heteroatoms. The fourth-order valence-corrected chi connectivity index (χ4v) is 1.87. The number of benzene rings is 2. The van der Waals surface area contributed by atoms with Crippen molar-refractivity contribution < 1.29 is 0 Å². The molecule has 0 unspecified atom stereocenters. The Morgan fingerprint density at radius 2 is 1.82 bits per heavy atom. The van der Waals surface area contributed by atoms with Crippen molar-refractivity contribution in [1.82, 2.24) is 0 Å². The van der Waals surface area contributed by atoms with Crippen LogP contribution in [-0.2, 0) is 6.54 Å². The number of halogens is 1. The number of hydrogen-bond donors (Lipinski definition) is 2. The minimum atomic E-state index is 0.570. The summed E-state index contributed by atoms with van der Waals surface area (Å²) in [6, 6.07) is 13.9. The van der Waals surface area contributed by atoms with E-state index in [0.29, 0.717) is 6.54 Å². The van der Waals surface area contributed by atoms with E-state index in [9.17, 15) is 0 Å². The van der Waals surface area contributed by atoms with Crippen LogP contribution in [0.5, 0.6) is 0 Å². The van der Waals surface area contributed by atoms with Crippen molar-refractivity contribution in [2.75, 3.05) is 5.32 Å². The van der Waals surface area contributed by atoms with Crippen LogP contribution in [-0.4, -0.2) is 0 Å². The van der Waals surface area contributed by atoms with Crippen molar-refractivity contribution in [2.24, 2.45) is 5.73 Å². The first-order chi connectivity index (χ1) is 8.19. The van der Waals surface area contributed by atoms with Gasteiger partial charge < -0.3 is 11.1 Å². The van der Waals surface area contributed by atoms with Gasteiger partial charge in [0, 0.05) is 22.9 Å². The van der Waals surface area contributed by atoms with E-state index < -0.39 is 0 Å². The zero-order chi connectivity index (χ0) is 12.3. The van der Waals surface area contributed by atoms with Crippen LogP contribution in [0.25, 0.3) is 0 Å². The number of aryl methyl sites for hydroxylation is 1. The van der Waals surface area contributed by atoms with E-state index in [2.05, 4.69) is 5.32 Å². The summed E-state index contributed by atoms with van der Waals surface area (Å²) in [7, 11) is 0. The molecule has 0 spiro atoms. The van der Waals surface area contributed by atoms with Gasteiger partial charge in [-0.1, -0.05) is 23.7 Å². The highest BCUT2D eigenvalue weighted by molar-refractivity contribution is 6.30. The molecule has 0 atom stereocenters. The van der Waals surface area contributed by atoms with E-state index in [1.54, 1.807) is 0 Å². The molecule has 0 aromatic heterocycles. The number of nitrogens with one attached hydrogen (secondary N) is 1. The van der Waals surface area contributed by atoms with Gasteiger partial charge in [-0.15, -0.1) is 0 Å². The lowest BCUT2D eigenvalue weighted by molar-refractivity contribution is 1.07. The Labute approximate surface area is 106 Å². The maximum absolute atomic E-state index is 5.92. The maximum atomic E-state index is 5.92. The SMILES string of the molecule is Cc1cc(Cl)ccc1Nc1ccc(CN)cc1. The monoisotopic (exact) mass is 246 g/mol. The van der Waals surface area contributed by atoms with E-state index in [1.165, 1.54) is 0 Å². The van der Waals surface area contributed by atoms with Gasteiger partial charge in [0.05, 0.1) is 0 Å². The molecule has 0 aliphatic heterocycles. The molecule has 2 aromatic rings. The first-order valence-electron chi connectivity index (χ1n) is 5.51. The van der Waals surface area contributed by atoms with Gasteiger partial charge >= 0.3 is 0 Å². The highest BCUT2D eigenvalue weighted by atomic mass is 35.5. The lowest BCUT2D eigenvalue weighted by atomic mass is 10.1. The number of anilines is 2. The van der Waals surface area contributed by atoms with E-state index in [1.807, 2.05) is 49.4 Å². The molecular weight excluding hydrogens is 232 g/mol. The largest absolute Gasteiger partial charge is 0.355 e. The summed E-state index contributed by atoms with van der Waals surface area (Å²) >= 11 is 5.92. The average Bonchev–Trinajstić information content (AvgIpc) is 2.34. The molecule has 0 fully saturated rings. The van der Waals surface area contributed by atoms with Crippen molar-refractivity contribution in [2.45, 2.75) is 13.5 Å². The van der Waals surface area contributed by atoms with Gasteiger partial charge in [-0.05, 0) is 48.4 Å². The minimum absolute atomic E-state index is 0.570. The summed E-state index contributed by atoms with van der Waals surface area (Å²) in [5.74, 6) is 0. The Bertz CT molecular complexity index is 506. The molecule has 0 heterocycles. The van der Waals surface area contributed by atoms with Crippen LogP contribution in [0.15, 0.2) is 42.5 Å². The molecule has 0 aliphatic rings. The van der Waals surface area contributed by atoms with Gasteiger partial charge in [-0.3, -0.25) is 0 Å². The number of hydrogen-bond acceptors (Lipinski definition) is 2. The topological polar surface area (TPSA) is 38.0 Å². The standard InChI is InChI=1S/C14H15ClN2/c1-10-8-12(15)4-7-14(10)17-13-5-2-11(9-16)3-6-13/h2-8,17H,9,16H2,1H3. The zero-order valence-corrected chi connectivity index (χ0v) is 10.5. The van der Waals surface area contributed by atoms with Crippen molar-refractivity contribution in [3.8, 4) is 0 Å². The predicted molar refractivity (Wildman–Crippen MR) is 73.8 cm³/mol. The lowest BCUT2D eigenvalue weighted by Crippen LogP contribution is -1.97. The Morgan fingerprint density at radius 1 is 1.12 bits per heavy atom. The minimum Gasteiger partial charge on any atom is -0.355 e. The van der Waals surface area contributed by atoms with Crippen molar-refractivity contribution >= 4 is 23.0 Å². The van der Waals surface area contributed by atoms with Crippen LogP contribution in [0.1, 0.15) is 11.1 Å². The summed E-state index contributed by atoms with van der Waals surface area (Å²) < 4.78 is 0. The van der Waals surface area contributed by atoms with Crippen LogP contribution in [0.3, 0.4) is 0 Å². The van der Waals surface area contributed by atoms with Crippen molar-refractivity contribution in [3.05, 3.63) is 58.6 Å². The van der Waals surface area contributed by atoms with Crippen LogP contribution in [0.4, 0.5) is 11.4 Å². The molecule has 2 rings (SSSR count). The highest BCUT2D eigenvalue weighted by Crippen LogP contribution is 2.23. The highest BCUT2D eigenvalue weighted by Gasteiger charge is 1.99. The third-order valence-corrected chi connectivity index (χ3v) is 2.89. The maximum Gasteiger partial charge on any atom is 0.0414 e. The Balaban J connectivity index is 2.19. The van der Waals surface area contributed by atoms with E-state index in [-0.39, 0.29) is 0 Å². The molecule has 3 N–H and O–H groups in total. The normalized spacial score (nSPS) is 10.3. The second kappa shape index (κ2) is 5.21. The van der Waals surface area contributed by atoms with Crippen molar-refractivity contribution in [3.63, 3.8) is 0 Å². The van der Waals surface area contributed by atoms with Gasteiger partial charge in [0.25, 0.3) is 0 Å². The molecule has 2 aromatic carbocycles. The predicted octanol–water partition coefficient (Wildman–Crippen LogP) is 3.85. The molecule has 0 aliphatic carbocycles. The first-order valence-corrected chi connectivity index (χ1v) is 5.89. The van der Waals surface area contributed by atoms with Gasteiger partial charge in [0.1, 0.15) is 0 Å². The van der Waals surface area contributed by atoms with Crippen LogP contribution < -0.4 is 11.1 Å². The first kappa shape index (κ1) is 12.0. The zero-order valence-electron chi connectivity index (χ0n) is 9.70. The van der Waals surface area contributed by atoms with E-state index in [4.69, 9.17) is 17.3 Å². The summed E-state index contributed by atoms with van der Waals surface area (Å²) in [6.07, 6.45) is 0. The lowest BCUT2D eigenvalue weighted by Gasteiger charge is -2.10. The van der Waals surface area contributed by atoms with Crippen LogP contribution >= 0.6 is 11.6 Å². The Hall–Kier alpha value is -1.51. The molecule has 0 radical (unpaired) electrons. The third kappa shape index (κ3) is 2.99. The second-order valence-electron chi connectivity index (χ2n) is 3.99. The molecule has 0 bridgehead atoms. The molecule has 17 heavy (non-hydrogen) atoms. The van der Waals surface area contributed by atoms with Gasteiger partial charge in [0.2, 0.25) is 0 Å². The summed E-state index contributed by atoms with van der Waals surface area (Å²) in [4.78, 5) is 0. The fraction of sp³-hybridized carbons (Fsp3) is 0.143. The van der Waals surface area contributed by atoms with Gasteiger partial charge in [-0.25, -0.2) is 0 Å². The average molecular weight is 247 g/mol. The Morgan fingerprint density at radius 3 is 2.41 bits per heavy atom. The van der Waals surface area contributed by atoms with Crippen LogP contribution in [0, 0.1) is 6.92 Å². The molecule has 0 saturated carbocycles. The summed E-state index contributed by atoms with van der Waals surface area (Å²) in [6.45, 7) is 2.60. The third-order valence-electron chi connectivity index (χ3n) is 2.66.